The Balaban J connectivity index is 1.34. The van der Waals surface area contributed by atoms with Crippen LogP contribution in [0.1, 0.15) is 52.4 Å². The van der Waals surface area contributed by atoms with E-state index in [1.165, 1.54) is 45.3 Å². The first kappa shape index (κ1) is 29.2. The summed E-state index contributed by atoms with van der Waals surface area (Å²) in [5, 5.41) is 20.0. The SMILES string of the molecule is COC(=O)CCC1(C)OC(=O)C(C=CC=CC=C2C(=O)OC3(CCC4(CC3)OC(=O)C(C)=C(O)O4)OC2=O)=C(O)O1. The molecule has 2 N–H and O–H groups in total. The summed E-state index contributed by atoms with van der Waals surface area (Å²) in [6.45, 7) is 2.74. The first-order chi connectivity index (χ1) is 19.3. The normalized spacial score (nSPS) is 30.2. The van der Waals surface area contributed by atoms with Crippen LogP contribution in [-0.2, 0) is 57.1 Å². The van der Waals surface area contributed by atoms with Crippen molar-refractivity contribution in [2.45, 2.75) is 69.7 Å². The first-order valence-corrected chi connectivity index (χ1v) is 12.6. The molecule has 0 aromatic rings. The zero-order chi connectivity index (χ0) is 30.0. The molecule has 0 bridgehead atoms. The van der Waals surface area contributed by atoms with Gasteiger partial charge in [0.05, 0.1) is 13.5 Å². The van der Waals surface area contributed by atoms with E-state index < -0.39 is 59.1 Å². The summed E-state index contributed by atoms with van der Waals surface area (Å²) in [5.41, 5.74) is -0.751. The summed E-state index contributed by atoms with van der Waals surface area (Å²) in [5.74, 6) is -9.85. The minimum Gasteiger partial charge on any atom is -0.481 e. The molecule has 0 aromatic heterocycles. The molecule has 41 heavy (non-hydrogen) atoms. The largest absolute Gasteiger partial charge is 0.481 e. The van der Waals surface area contributed by atoms with Crippen molar-refractivity contribution in [3.63, 3.8) is 0 Å². The number of carbonyl (C=O) groups is 5. The van der Waals surface area contributed by atoms with Crippen LogP contribution in [0.5, 0.6) is 0 Å². The number of methoxy groups -OCH3 is 1. The van der Waals surface area contributed by atoms with E-state index in [0.29, 0.717) is 0 Å². The van der Waals surface area contributed by atoms with E-state index in [1.807, 2.05) is 0 Å². The second kappa shape index (κ2) is 11.0. The lowest BCUT2D eigenvalue weighted by molar-refractivity contribution is -0.297. The van der Waals surface area contributed by atoms with Crippen molar-refractivity contribution in [1.29, 1.82) is 0 Å². The summed E-state index contributed by atoms with van der Waals surface area (Å²) >= 11 is 0. The van der Waals surface area contributed by atoms with Gasteiger partial charge in [-0.15, -0.1) is 0 Å². The third-order valence-electron chi connectivity index (χ3n) is 6.79. The van der Waals surface area contributed by atoms with Gasteiger partial charge in [-0.2, -0.15) is 0 Å². The topological polar surface area (TPSA) is 190 Å². The van der Waals surface area contributed by atoms with Crippen LogP contribution in [0, 0.1) is 0 Å². The average Bonchev–Trinajstić information content (AvgIpc) is 2.90. The summed E-state index contributed by atoms with van der Waals surface area (Å²) in [6.07, 6.45) is 6.11. The molecule has 1 saturated carbocycles. The molecular weight excluding hydrogens is 548 g/mol. The van der Waals surface area contributed by atoms with Gasteiger partial charge in [-0.05, 0) is 19.1 Å². The molecule has 14 heteroatoms. The van der Waals surface area contributed by atoms with Crippen molar-refractivity contribution in [2.75, 3.05) is 7.11 Å². The number of ether oxygens (including phenoxy) is 7. The van der Waals surface area contributed by atoms with Crippen molar-refractivity contribution in [2.24, 2.45) is 0 Å². The Morgan fingerprint density at radius 1 is 0.805 bits per heavy atom. The van der Waals surface area contributed by atoms with Crippen LogP contribution in [0.4, 0.5) is 0 Å². The van der Waals surface area contributed by atoms with Gasteiger partial charge in [0.25, 0.3) is 29.3 Å². The number of hydrogen-bond acceptors (Lipinski definition) is 14. The molecule has 1 aliphatic carbocycles. The van der Waals surface area contributed by atoms with Crippen molar-refractivity contribution < 1.29 is 67.3 Å². The molecule has 0 radical (unpaired) electrons. The highest BCUT2D eigenvalue weighted by Crippen LogP contribution is 2.45. The number of aliphatic hydroxyl groups is 2. The van der Waals surface area contributed by atoms with Crippen LogP contribution < -0.4 is 0 Å². The van der Waals surface area contributed by atoms with Crippen LogP contribution in [-0.4, -0.2) is 64.5 Å². The van der Waals surface area contributed by atoms with Crippen LogP contribution in [0.2, 0.25) is 0 Å². The Morgan fingerprint density at radius 3 is 1.95 bits per heavy atom. The Bertz CT molecular complexity index is 1300. The number of carbonyl (C=O) groups excluding carboxylic acids is 5. The van der Waals surface area contributed by atoms with E-state index in [2.05, 4.69) is 4.74 Å². The fourth-order valence-corrected chi connectivity index (χ4v) is 4.37. The molecule has 0 amide bonds. The number of hydrogen-bond donors (Lipinski definition) is 2. The van der Waals surface area contributed by atoms with E-state index in [-0.39, 0.29) is 55.2 Å². The van der Waals surface area contributed by atoms with Gasteiger partial charge in [0.15, 0.2) is 0 Å². The highest BCUT2D eigenvalue weighted by Gasteiger charge is 2.55. The molecule has 220 valence electrons. The molecular formula is C27H28O14. The standard InChI is InChI=1S/C27H28O14/c1-15-19(29)38-26(39-20(15)30)11-13-27(14-12-26)40-23(33)17(24(34)41-27)8-6-4-5-7-16-21(31)36-25(2,37-22(16)32)10-9-18(28)35-3/h4-8,29,31H,9-14H2,1-3H3. The van der Waals surface area contributed by atoms with Crippen LogP contribution in [0.15, 0.2) is 59.0 Å². The summed E-state index contributed by atoms with van der Waals surface area (Å²) < 4.78 is 36.6. The third kappa shape index (κ3) is 6.21. The van der Waals surface area contributed by atoms with Crippen LogP contribution >= 0.6 is 0 Å². The predicted molar refractivity (Wildman–Crippen MR) is 131 cm³/mol. The predicted octanol–water partition coefficient (Wildman–Crippen LogP) is 2.47. The molecule has 14 nitrogen and oxygen atoms in total. The van der Waals surface area contributed by atoms with E-state index in [4.69, 9.17) is 28.4 Å². The monoisotopic (exact) mass is 576 g/mol. The molecule has 4 aliphatic rings. The maximum absolute atomic E-state index is 12.6. The maximum Gasteiger partial charge on any atom is 0.348 e. The Labute approximate surface area is 233 Å². The summed E-state index contributed by atoms with van der Waals surface area (Å²) in [6, 6.07) is 0. The minimum atomic E-state index is -1.57. The number of esters is 5. The Morgan fingerprint density at radius 2 is 1.39 bits per heavy atom. The molecule has 1 unspecified atom stereocenters. The minimum absolute atomic E-state index is 0.000336. The van der Waals surface area contributed by atoms with Gasteiger partial charge in [-0.25, -0.2) is 19.2 Å². The first-order valence-electron chi connectivity index (χ1n) is 12.6. The van der Waals surface area contributed by atoms with Crippen LogP contribution in [0.3, 0.4) is 0 Å². The third-order valence-corrected chi connectivity index (χ3v) is 6.79. The van der Waals surface area contributed by atoms with Crippen molar-refractivity contribution >= 4 is 29.8 Å². The molecule has 3 aliphatic heterocycles. The van der Waals surface area contributed by atoms with E-state index >= 15 is 0 Å². The fraction of sp³-hybridized carbons (Fsp3) is 0.444. The average molecular weight is 577 g/mol. The van der Waals surface area contributed by atoms with Gasteiger partial charge in [-0.1, -0.05) is 18.2 Å². The van der Waals surface area contributed by atoms with Gasteiger partial charge in [-0.3, -0.25) is 4.79 Å². The molecule has 1 saturated heterocycles. The lowest BCUT2D eigenvalue weighted by Gasteiger charge is -2.45. The maximum atomic E-state index is 12.6. The van der Waals surface area contributed by atoms with Gasteiger partial charge >= 0.3 is 29.8 Å². The quantitative estimate of drug-likeness (QED) is 0.154. The molecule has 4 rings (SSSR count). The summed E-state index contributed by atoms with van der Waals surface area (Å²) in [4.78, 5) is 60.9. The van der Waals surface area contributed by atoms with E-state index in [9.17, 15) is 34.2 Å². The molecule has 0 aromatic carbocycles. The Kier molecular flexibility index (Phi) is 7.86. The lowest BCUT2D eigenvalue weighted by atomic mass is 9.87. The zero-order valence-electron chi connectivity index (χ0n) is 22.4. The second-order valence-corrected chi connectivity index (χ2v) is 9.77. The van der Waals surface area contributed by atoms with Crippen LogP contribution in [0.25, 0.3) is 0 Å². The highest BCUT2D eigenvalue weighted by atomic mass is 16.8. The van der Waals surface area contributed by atoms with Crippen molar-refractivity contribution in [1.82, 2.24) is 0 Å². The molecule has 2 fully saturated rings. The second-order valence-electron chi connectivity index (χ2n) is 9.77. The smallest absolute Gasteiger partial charge is 0.348 e. The van der Waals surface area contributed by atoms with Gasteiger partial charge in [0.1, 0.15) is 16.7 Å². The van der Waals surface area contributed by atoms with Gasteiger partial charge < -0.3 is 43.4 Å². The zero-order valence-corrected chi connectivity index (χ0v) is 22.4. The van der Waals surface area contributed by atoms with Crippen molar-refractivity contribution in [3.8, 4) is 0 Å². The lowest BCUT2D eigenvalue weighted by Crippen LogP contribution is -2.54. The summed E-state index contributed by atoms with van der Waals surface area (Å²) in [7, 11) is 1.21. The van der Waals surface area contributed by atoms with E-state index in [0.717, 1.165) is 6.08 Å². The number of aliphatic hydroxyl groups excluding tert-OH is 2. The molecule has 3 heterocycles. The van der Waals surface area contributed by atoms with Crippen molar-refractivity contribution in [3.05, 3.63) is 59.0 Å². The Hall–Kier alpha value is -4.75. The molecule has 2 spiro atoms. The highest BCUT2D eigenvalue weighted by molar-refractivity contribution is 6.15. The van der Waals surface area contributed by atoms with Gasteiger partial charge in [0.2, 0.25) is 0 Å². The number of rotatable bonds is 6. The van der Waals surface area contributed by atoms with E-state index in [1.54, 1.807) is 0 Å². The number of cyclic esters (lactones) is 1. The van der Waals surface area contributed by atoms with Gasteiger partial charge in [0, 0.05) is 39.0 Å². The molecule has 1 atom stereocenters. The fourth-order valence-electron chi connectivity index (χ4n) is 4.37. The number of allylic oxidation sites excluding steroid dienone is 4.